The molecule has 1 N–H and O–H groups in total. The number of hydrogen-bond donors (Lipinski definition) is 1. The van der Waals surface area contributed by atoms with Gasteiger partial charge >= 0.3 is 12.4 Å². The summed E-state index contributed by atoms with van der Waals surface area (Å²) in [6.45, 7) is 7.61. The first kappa shape index (κ1) is 32.1. The number of carbonyl (C=O) groups is 1. The first-order chi connectivity index (χ1) is 21.5. The number of halogens is 3. The average molecular weight is 637 g/mol. The topological polar surface area (TPSA) is 84.6 Å². The van der Waals surface area contributed by atoms with Gasteiger partial charge in [-0.1, -0.05) is 63.2 Å². The lowest BCUT2D eigenvalue weighted by Gasteiger charge is -2.31. The van der Waals surface area contributed by atoms with Crippen LogP contribution >= 0.6 is 11.8 Å². The van der Waals surface area contributed by atoms with Crippen LogP contribution in [-0.2, 0) is 12.8 Å². The van der Waals surface area contributed by atoms with E-state index in [1.807, 2.05) is 36.4 Å². The number of para-hydroxylation sites is 1. The van der Waals surface area contributed by atoms with Crippen molar-refractivity contribution < 1.29 is 22.7 Å². The number of aryl methyl sites for hydroxylation is 1. The van der Waals surface area contributed by atoms with Crippen LogP contribution in [0.1, 0.15) is 31.9 Å². The van der Waals surface area contributed by atoms with E-state index in [0.717, 1.165) is 47.8 Å². The second-order valence-corrected chi connectivity index (χ2v) is 12.6. The van der Waals surface area contributed by atoms with Crippen molar-refractivity contribution in [3.63, 3.8) is 0 Å². The van der Waals surface area contributed by atoms with E-state index >= 15 is 0 Å². The molecule has 1 aromatic heterocycles. The third-order valence-corrected chi connectivity index (χ3v) is 8.27. The van der Waals surface area contributed by atoms with E-state index < -0.39 is 6.36 Å². The molecule has 2 amide bonds. The highest BCUT2D eigenvalue weighted by Gasteiger charge is 2.31. The minimum atomic E-state index is -4.75. The van der Waals surface area contributed by atoms with Crippen molar-refractivity contribution in [3.8, 4) is 22.8 Å². The van der Waals surface area contributed by atoms with Crippen LogP contribution < -0.4 is 15.0 Å². The Hall–Kier alpha value is -4.32. The Kier molecular flexibility index (Phi) is 9.81. The molecule has 5 rings (SSSR count). The number of thioether (sulfide) groups is 1. The number of amidine groups is 1. The van der Waals surface area contributed by atoms with Gasteiger partial charge in [0.15, 0.2) is 5.82 Å². The Labute approximate surface area is 264 Å². The molecule has 2 heterocycles. The van der Waals surface area contributed by atoms with Gasteiger partial charge in [0, 0.05) is 30.1 Å². The van der Waals surface area contributed by atoms with Crippen LogP contribution in [0.25, 0.3) is 17.1 Å². The van der Waals surface area contributed by atoms with Crippen LogP contribution in [0.15, 0.2) is 84.1 Å². The molecule has 8 nitrogen and oxygen atoms in total. The van der Waals surface area contributed by atoms with Crippen molar-refractivity contribution in [1.82, 2.24) is 20.1 Å². The summed E-state index contributed by atoms with van der Waals surface area (Å²) in [6.07, 6.45) is -1.60. The minimum absolute atomic E-state index is 0.227. The fraction of sp³-hybridized carbons (Fsp3) is 0.333. The SMILES string of the molecule is CCc1ccccc1N1CCSCC1=NC(=O)NCC(C)(C)Cc1ccc(-c2ncn(-c3ccc(OC(F)(F)F)cc3)n2)cc1. The lowest BCUT2D eigenvalue weighted by Crippen LogP contribution is -2.41. The molecular formula is C33H35F3N6O2S. The Morgan fingerprint density at radius 3 is 2.49 bits per heavy atom. The second-order valence-electron chi connectivity index (χ2n) is 11.5. The number of nitrogens with one attached hydrogen (secondary N) is 1. The maximum atomic E-state index is 12.9. The van der Waals surface area contributed by atoms with E-state index in [-0.39, 0.29) is 17.2 Å². The van der Waals surface area contributed by atoms with Gasteiger partial charge in [0.05, 0.1) is 11.4 Å². The summed E-state index contributed by atoms with van der Waals surface area (Å²) in [5, 5.41) is 7.48. The second kappa shape index (κ2) is 13.8. The molecule has 3 aromatic carbocycles. The molecule has 0 atom stereocenters. The van der Waals surface area contributed by atoms with Gasteiger partial charge in [-0.15, -0.1) is 18.3 Å². The van der Waals surface area contributed by atoms with E-state index in [0.29, 0.717) is 23.8 Å². The summed E-state index contributed by atoms with van der Waals surface area (Å²) in [5.41, 5.74) is 4.57. The molecule has 0 bridgehead atoms. The molecule has 0 aliphatic carbocycles. The summed E-state index contributed by atoms with van der Waals surface area (Å²) < 4.78 is 42.7. The number of carbonyl (C=O) groups excluding carboxylic acids is 1. The monoisotopic (exact) mass is 636 g/mol. The molecule has 45 heavy (non-hydrogen) atoms. The van der Waals surface area contributed by atoms with Crippen LogP contribution in [-0.4, -0.2) is 57.6 Å². The fourth-order valence-corrected chi connectivity index (χ4v) is 5.99. The van der Waals surface area contributed by atoms with Crippen LogP contribution in [0, 0.1) is 5.41 Å². The smallest absolute Gasteiger partial charge is 0.406 e. The molecule has 1 saturated heterocycles. The zero-order valence-corrected chi connectivity index (χ0v) is 26.2. The van der Waals surface area contributed by atoms with Crippen molar-refractivity contribution in [2.45, 2.75) is 40.0 Å². The maximum absolute atomic E-state index is 12.9. The Morgan fingerprint density at radius 2 is 1.78 bits per heavy atom. The number of hydrogen-bond acceptors (Lipinski definition) is 5. The number of ether oxygens (including phenoxy) is 1. The van der Waals surface area contributed by atoms with Crippen LogP contribution in [0.3, 0.4) is 0 Å². The molecule has 0 saturated carbocycles. The van der Waals surface area contributed by atoms with Crippen LogP contribution in [0.4, 0.5) is 23.7 Å². The molecule has 0 radical (unpaired) electrons. The predicted octanol–water partition coefficient (Wildman–Crippen LogP) is 7.33. The Bertz CT molecular complexity index is 1640. The molecule has 0 unspecified atom stereocenters. The minimum Gasteiger partial charge on any atom is -0.406 e. The third-order valence-electron chi connectivity index (χ3n) is 7.34. The molecule has 4 aromatic rings. The van der Waals surface area contributed by atoms with E-state index in [1.165, 1.54) is 40.8 Å². The van der Waals surface area contributed by atoms with Gasteiger partial charge in [0.1, 0.15) is 17.9 Å². The molecule has 1 aliphatic heterocycles. The van der Waals surface area contributed by atoms with Crippen molar-refractivity contribution in [2.24, 2.45) is 10.4 Å². The first-order valence-electron chi connectivity index (χ1n) is 14.7. The number of urea groups is 1. The quantitative estimate of drug-likeness (QED) is 0.207. The van der Waals surface area contributed by atoms with Crippen LogP contribution in [0.5, 0.6) is 5.75 Å². The van der Waals surface area contributed by atoms with E-state index in [2.05, 4.69) is 62.9 Å². The number of aromatic nitrogens is 3. The first-order valence-corrected chi connectivity index (χ1v) is 15.8. The van der Waals surface area contributed by atoms with Crippen LogP contribution in [0.2, 0.25) is 0 Å². The number of benzene rings is 3. The summed E-state index contributed by atoms with van der Waals surface area (Å²) in [5.74, 6) is 2.64. The predicted molar refractivity (Wildman–Crippen MR) is 172 cm³/mol. The summed E-state index contributed by atoms with van der Waals surface area (Å²) in [7, 11) is 0. The van der Waals surface area contributed by atoms with Crippen molar-refractivity contribution in [1.29, 1.82) is 0 Å². The number of alkyl halides is 3. The number of anilines is 1. The fourth-order valence-electron chi connectivity index (χ4n) is 5.13. The maximum Gasteiger partial charge on any atom is 0.573 e. The molecule has 1 aliphatic rings. The van der Waals surface area contributed by atoms with E-state index in [1.54, 1.807) is 11.8 Å². The number of amides is 2. The van der Waals surface area contributed by atoms with Crippen molar-refractivity contribution >= 4 is 29.3 Å². The third kappa shape index (κ3) is 8.65. The van der Waals surface area contributed by atoms with Gasteiger partial charge in [-0.3, -0.25) is 0 Å². The van der Waals surface area contributed by atoms with Gasteiger partial charge in [-0.2, -0.15) is 16.8 Å². The largest absolute Gasteiger partial charge is 0.573 e. The number of aliphatic imine (C=N–C) groups is 1. The van der Waals surface area contributed by atoms with E-state index in [9.17, 15) is 18.0 Å². The van der Waals surface area contributed by atoms with Crippen molar-refractivity contribution in [2.75, 3.05) is 29.5 Å². The highest BCUT2D eigenvalue weighted by molar-refractivity contribution is 8.00. The normalized spacial score (nSPS) is 14.9. The zero-order valence-electron chi connectivity index (χ0n) is 25.3. The highest BCUT2D eigenvalue weighted by Crippen LogP contribution is 2.27. The molecular weight excluding hydrogens is 601 g/mol. The van der Waals surface area contributed by atoms with E-state index in [4.69, 9.17) is 0 Å². The zero-order chi connectivity index (χ0) is 32.0. The lowest BCUT2D eigenvalue weighted by atomic mass is 9.85. The highest BCUT2D eigenvalue weighted by atomic mass is 32.2. The molecule has 12 heteroatoms. The summed E-state index contributed by atoms with van der Waals surface area (Å²) >= 11 is 1.78. The Balaban J connectivity index is 1.17. The Morgan fingerprint density at radius 1 is 1.04 bits per heavy atom. The van der Waals surface area contributed by atoms with Gasteiger partial charge in [-0.05, 0) is 59.7 Å². The van der Waals surface area contributed by atoms with Gasteiger partial charge in [0.2, 0.25) is 0 Å². The standard InChI is InChI=1S/C33H35F3N6O2S/c1-4-24-7-5-6-8-28(24)41-17-18-45-20-29(41)39-31(43)37-21-32(2,3)19-23-9-11-25(12-10-23)30-38-22-42(40-30)26-13-15-27(16-14-26)44-33(34,35)36/h5-16,22H,4,17-21H2,1-3H3,(H,37,43). The average Bonchev–Trinajstić information content (AvgIpc) is 3.51. The molecule has 1 fully saturated rings. The molecule has 0 spiro atoms. The number of nitrogens with zero attached hydrogens (tertiary/aromatic N) is 5. The van der Waals surface area contributed by atoms with Crippen molar-refractivity contribution in [3.05, 3.63) is 90.3 Å². The summed E-state index contributed by atoms with van der Waals surface area (Å²) in [4.78, 5) is 23.9. The molecule has 236 valence electrons. The van der Waals surface area contributed by atoms with Gasteiger partial charge in [-0.25, -0.2) is 14.5 Å². The van der Waals surface area contributed by atoms with Gasteiger partial charge < -0.3 is 15.0 Å². The van der Waals surface area contributed by atoms with Gasteiger partial charge in [0.25, 0.3) is 0 Å². The number of rotatable bonds is 9. The summed E-state index contributed by atoms with van der Waals surface area (Å²) in [6, 6.07) is 21.2. The lowest BCUT2D eigenvalue weighted by molar-refractivity contribution is -0.274.